The van der Waals surface area contributed by atoms with Gasteiger partial charge in [0.25, 0.3) is 0 Å². The van der Waals surface area contributed by atoms with Gasteiger partial charge in [-0.2, -0.15) is 0 Å². The first-order chi connectivity index (χ1) is 17.6. The van der Waals surface area contributed by atoms with Crippen LogP contribution in [0.25, 0.3) is 32.3 Å². The second-order valence-corrected chi connectivity index (χ2v) is 9.99. The van der Waals surface area contributed by atoms with Crippen molar-refractivity contribution in [2.75, 3.05) is 0 Å². The third kappa shape index (κ3) is 5.05. The molecule has 36 heavy (non-hydrogen) atoms. The molecule has 0 radical (unpaired) electrons. The zero-order chi connectivity index (χ0) is 24.9. The van der Waals surface area contributed by atoms with Gasteiger partial charge in [-0.25, -0.2) is 4.79 Å². The van der Waals surface area contributed by atoms with Crippen LogP contribution in [-0.2, 0) is 11.2 Å². The monoisotopic (exact) mass is 492 g/mol. The van der Waals surface area contributed by atoms with Crippen molar-refractivity contribution >= 4 is 27.4 Å². The number of hydrogen-bond donors (Lipinski definition) is 1. The summed E-state index contributed by atoms with van der Waals surface area (Å²) in [5, 5.41) is 11.0. The summed E-state index contributed by atoms with van der Waals surface area (Å²) in [6, 6.07) is 34.0. The number of ether oxygens (including phenoxy) is 1. The van der Waals surface area contributed by atoms with Crippen molar-refractivity contribution in [3.63, 3.8) is 0 Å². The van der Waals surface area contributed by atoms with Gasteiger partial charge in [-0.05, 0) is 47.7 Å². The van der Waals surface area contributed by atoms with Gasteiger partial charge in [0.1, 0.15) is 5.75 Å². The highest BCUT2D eigenvalue weighted by Crippen LogP contribution is 2.40. The van der Waals surface area contributed by atoms with E-state index in [4.69, 9.17) is 4.74 Å². The van der Waals surface area contributed by atoms with Gasteiger partial charge in [-0.15, -0.1) is 11.3 Å². The fourth-order valence-corrected chi connectivity index (χ4v) is 5.77. The van der Waals surface area contributed by atoms with E-state index in [-0.39, 0.29) is 0 Å². The van der Waals surface area contributed by atoms with Crippen molar-refractivity contribution in [1.82, 2.24) is 0 Å². The Morgan fingerprint density at radius 2 is 1.42 bits per heavy atom. The van der Waals surface area contributed by atoms with Gasteiger partial charge in [0.05, 0.1) is 0 Å². The molecule has 0 aliphatic rings. The van der Waals surface area contributed by atoms with Crippen LogP contribution in [0.3, 0.4) is 0 Å². The highest BCUT2D eigenvalue weighted by Gasteiger charge is 2.21. The molecule has 0 fully saturated rings. The number of hydrogen-bond acceptors (Lipinski definition) is 3. The molecule has 180 valence electrons. The normalized spacial score (nSPS) is 11.9. The molecule has 4 heteroatoms. The van der Waals surface area contributed by atoms with Gasteiger partial charge < -0.3 is 9.84 Å². The van der Waals surface area contributed by atoms with Gasteiger partial charge in [0.2, 0.25) is 6.10 Å². The van der Waals surface area contributed by atoms with Crippen molar-refractivity contribution in [3.05, 3.63) is 114 Å². The molecule has 1 aromatic heterocycles. The van der Waals surface area contributed by atoms with E-state index < -0.39 is 12.1 Å². The summed E-state index contributed by atoms with van der Waals surface area (Å²) in [7, 11) is 0. The fraction of sp³-hybridized carbons (Fsp3) is 0.156. The first-order valence-corrected chi connectivity index (χ1v) is 13.1. The molecule has 5 aromatic rings. The Morgan fingerprint density at radius 1 is 0.806 bits per heavy atom. The molecule has 0 aliphatic carbocycles. The molecule has 0 saturated carbocycles. The van der Waals surface area contributed by atoms with E-state index in [0.717, 1.165) is 17.5 Å². The quantitative estimate of drug-likeness (QED) is 0.224. The van der Waals surface area contributed by atoms with Crippen LogP contribution >= 0.6 is 11.3 Å². The Labute approximate surface area is 215 Å². The van der Waals surface area contributed by atoms with Crippen molar-refractivity contribution in [3.8, 4) is 28.0 Å². The summed E-state index contributed by atoms with van der Waals surface area (Å²) in [4.78, 5) is 13.2. The summed E-state index contributed by atoms with van der Waals surface area (Å²) in [5.74, 6) is -0.489. The minimum atomic E-state index is -1.04. The number of carbonyl (C=O) groups is 1. The van der Waals surface area contributed by atoms with Crippen molar-refractivity contribution in [2.24, 2.45) is 0 Å². The smallest absolute Gasteiger partial charge is 0.349 e. The van der Waals surface area contributed by atoms with E-state index in [0.29, 0.717) is 11.3 Å². The van der Waals surface area contributed by atoms with Gasteiger partial charge in [-0.1, -0.05) is 98.3 Å². The zero-order valence-corrected chi connectivity index (χ0v) is 21.0. The van der Waals surface area contributed by atoms with E-state index in [2.05, 4.69) is 55.5 Å². The molecular weight excluding hydrogens is 464 g/mol. The molecule has 4 aromatic carbocycles. The Morgan fingerprint density at radius 3 is 2.08 bits per heavy atom. The molecule has 0 amide bonds. The molecule has 1 unspecified atom stereocenters. The Bertz CT molecular complexity index is 1450. The maximum Gasteiger partial charge on any atom is 0.349 e. The van der Waals surface area contributed by atoms with Crippen LogP contribution in [0.1, 0.15) is 36.3 Å². The lowest BCUT2D eigenvalue weighted by Crippen LogP contribution is -2.18. The molecule has 1 heterocycles. The third-order valence-electron chi connectivity index (χ3n) is 6.37. The lowest BCUT2D eigenvalue weighted by Gasteiger charge is -2.16. The summed E-state index contributed by atoms with van der Waals surface area (Å²) in [6.45, 7) is 2.24. The predicted octanol–water partition coefficient (Wildman–Crippen LogP) is 8.78. The molecule has 0 aliphatic heterocycles. The number of fused-ring (bicyclic) bond motifs is 1. The summed E-state index contributed by atoms with van der Waals surface area (Å²) in [6.07, 6.45) is 2.44. The number of carboxylic acid groups (broad SMARTS) is 1. The lowest BCUT2D eigenvalue weighted by atomic mass is 9.97. The van der Waals surface area contributed by atoms with Crippen LogP contribution in [0.2, 0.25) is 0 Å². The van der Waals surface area contributed by atoms with E-state index >= 15 is 0 Å². The maximum absolute atomic E-state index is 11.8. The molecule has 0 spiro atoms. The van der Waals surface area contributed by atoms with E-state index in [1.807, 2.05) is 53.8 Å². The largest absolute Gasteiger partial charge is 0.478 e. The van der Waals surface area contributed by atoms with Gasteiger partial charge in [-0.3, -0.25) is 0 Å². The lowest BCUT2D eigenvalue weighted by molar-refractivity contribution is -0.145. The van der Waals surface area contributed by atoms with E-state index in [1.54, 1.807) is 12.1 Å². The molecule has 3 nitrogen and oxygen atoms in total. The van der Waals surface area contributed by atoms with Crippen LogP contribution in [0, 0.1) is 0 Å². The number of thiophene rings is 1. The van der Waals surface area contributed by atoms with Crippen LogP contribution in [-0.4, -0.2) is 11.1 Å². The number of aryl methyl sites for hydroxylation is 1. The predicted molar refractivity (Wildman–Crippen MR) is 149 cm³/mol. The van der Waals surface area contributed by atoms with Gasteiger partial charge >= 0.3 is 5.97 Å². The minimum Gasteiger partial charge on any atom is -0.478 e. The molecule has 5 rings (SSSR count). The number of aliphatic carboxylic acids is 1. The third-order valence-corrected chi connectivity index (χ3v) is 7.60. The second-order valence-electron chi connectivity index (χ2n) is 8.85. The number of rotatable bonds is 9. The van der Waals surface area contributed by atoms with Crippen molar-refractivity contribution in [1.29, 1.82) is 0 Å². The highest BCUT2D eigenvalue weighted by molar-refractivity contribution is 7.19. The standard InChI is InChI=1S/C32H28O3S/c1-2-3-12-29-30(27-11-7-8-13-28(27)36-29)24-16-14-22(15-17-24)23-18-20-26(21-19-23)35-31(32(33)34)25-9-5-4-6-10-25/h4-11,13-21,31H,2-3,12H2,1H3,(H,33,34). The minimum absolute atomic E-state index is 0.525. The summed E-state index contributed by atoms with van der Waals surface area (Å²) >= 11 is 1.91. The molecule has 0 bridgehead atoms. The summed E-state index contributed by atoms with van der Waals surface area (Å²) in [5.41, 5.74) is 5.39. The Balaban J connectivity index is 1.38. The van der Waals surface area contributed by atoms with Crippen LogP contribution in [0.15, 0.2) is 103 Å². The van der Waals surface area contributed by atoms with Crippen molar-refractivity contribution in [2.45, 2.75) is 32.3 Å². The van der Waals surface area contributed by atoms with Gasteiger partial charge in [0, 0.05) is 26.1 Å². The van der Waals surface area contributed by atoms with Crippen LogP contribution in [0.4, 0.5) is 0 Å². The van der Waals surface area contributed by atoms with Gasteiger partial charge in [0.15, 0.2) is 0 Å². The molecule has 0 saturated heterocycles. The van der Waals surface area contributed by atoms with Crippen LogP contribution in [0.5, 0.6) is 5.75 Å². The van der Waals surface area contributed by atoms with Crippen LogP contribution < -0.4 is 4.74 Å². The maximum atomic E-state index is 11.8. The molecule has 1 atom stereocenters. The zero-order valence-electron chi connectivity index (χ0n) is 20.2. The fourth-order valence-electron chi connectivity index (χ4n) is 4.51. The first-order valence-electron chi connectivity index (χ1n) is 12.3. The Hall–Kier alpha value is -3.89. The van der Waals surface area contributed by atoms with E-state index in [1.165, 1.54) is 38.9 Å². The Kier molecular flexibility index (Phi) is 7.15. The number of unbranched alkanes of at least 4 members (excludes halogenated alkanes) is 1. The first kappa shape index (κ1) is 23.8. The SMILES string of the molecule is CCCCc1sc2ccccc2c1-c1ccc(-c2ccc(OC(C(=O)O)c3ccccc3)cc2)cc1. The summed E-state index contributed by atoms with van der Waals surface area (Å²) < 4.78 is 7.15. The average molecular weight is 493 g/mol. The number of benzene rings is 4. The highest BCUT2D eigenvalue weighted by atomic mass is 32.1. The number of carboxylic acids is 1. The molecule has 1 N–H and O–H groups in total. The average Bonchev–Trinajstić information content (AvgIpc) is 3.29. The topological polar surface area (TPSA) is 46.5 Å². The second kappa shape index (κ2) is 10.8. The molecular formula is C32H28O3S. The van der Waals surface area contributed by atoms with E-state index in [9.17, 15) is 9.90 Å². The van der Waals surface area contributed by atoms with Crippen molar-refractivity contribution < 1.29 is 14.6 Å².